The molecule has 0 spiro atoms. The van der Waals surface area contributed by atoms with Crippen LogP contribution in [0.3, 0.4) is 0 Å². The van der Waals surface area contributed by atoms with Crippen LogP contribution in [-0.2, 0) is 6.42 Å². The van der Waals surface area contributed by atoms with E-state index in [9.17, 15) is 0 Å². The summed E-state index contributed by atoms with van der Waals surface area (Å²) >= 11 is 0. The van der Waals surface area contributed by atoms with Crippen LogP contribution in [0.1, 0.15) is 18.9 Å². The van der Waals surface area contributed by atoms with Gasteiger partial charge in [-0.1, -0.05) is 49.4 Å². The van der Waals surface area contributed by atoms with Crippen LogP contribution >= 0.6 is 0 Å². The minimum Gasteiger partial charge on any atom is -0.377 e. The van der Waals surface area contributed by atoms with Gasteiger partial charge < -0.3 is 10.6 Å². The molecule has 2 N–H and O–H groups in total. The molecule has 2 aromatic carbocycles. The van der Waals surface area contributed by atoms with Crippen LogP contribution in [0.5, 0.6) is 0 Å². The van der Waals surface area contributed by atoms with Crippen molar-refractivity contribution in [2.45, 2.75) is 19.8 Å². The maximum absolute atomic E-state index is 5.62. The molecule has 2 heteroatoms. The number of nitrogens with zero attached hydrogens (tertiary/aromatic N) is 1. The Hall–Kier alpha value is -1.80. The first-order chi connectivity index (χ1) is 10.1. The molecule has 0 aromatic heterocycles. The van der Waals surface area contributed by atoms with Gasteiger partial charge in [-0.2, -0.15) is 0 Å². The molecule has 0 bridgehead atoms. The molecule has 2 nitrogen and oxygen atoms in total. The number of hydrogen-bond acceptors (Lipinski definition) is 2. The molecule has 112 valence electrons. The maximum atomic E-state index is 5.62. The van der Waals surface area contributed by atoms with Crippen LogP contribution in [0.25, 0.3) is 11.1 Å². The van der Waals surface area contributed by atoms with Crippen LogP contribution in [0, 0.1) is 5.92 Å². The summed E-state index contributed by atoms with van der Waals surface area (Å²) in [6.07, 6.45) is 2.19. The van der Waals surface area contributed by atoms with Crippen molar-refractivity contribution in [1.82, 2.24) is 0 Å². The Labute approximate surface area is 128 Å². The van der Waals surface area contributed by atoms with Gasteiger partial charge in [0.05, 0.1) is 0 Å². The second-order valence-corrected chi connectivity index (χ2v) is 6.00. The number of rotatable bonds is 6. The van der Waals surface area contributed by atoms with Crippen molar-refractivity contribution in [3.05, 3.63) is 54.1 Å². The molecule has 0 amide bonds. The predicted octanol–water partition coefficient (Wildman–Crippen LogP) is 3.95. The van der Waals surface area contributed by atoms with Crippen molar-refractivity contribution < 1.29 is 0 Å². The second-order valence-electron chi connectivity index (χ2n) is 6.00. The van der Waals surface area contributed by atoms with E-state index in [1.165, 1.54) is 22.4 Å². The highest BCUT2D eigenvalue weighted by Crippen LogP contribution is 2.29. The van der Waals surface area contributed by atoms with Crippen molar-refractivity contribution in [1.29, 1.82) is 0 Å². The van der Waals surface area contributed by atoms with Gasteiger partial charge >= 0.3 is 0 Å². The number of benzene rings is 2. The van der Waals surface area contributed by atoms with E-state index in [0.29, 0.717) is 5.92 Å². The van der Waals surface area contributed by atoms with Gasteiger partial charge in [-0.05, 0) is 42.5 Å². The van der Waals surface area contributed by atoms with Gasteiger partial charge in [0.1, 0.15) is 0 Å². The number of para-hydroxylation sites is 1. The fraction of sp³-hybridized carbons (Fsp3) is 0.368. The molecule has 0 saturated carbocycles. The standard InChI is InChI=1S/C19H26N2/c1-15(12-13-20)14-16-8-10-17(11-9-16)18-6-4-5-7-19(18)21(2)3/h4-11,15H,12-14,20H2,1-3H3. The molecule has 0 saturated heterocycles. The van der Waals surface area contributed by atoms with Crippen molar-refractivity contribution in [2.24, 2.45) is 11.7 Å². The maximum Gasteiger partial charge on any atom is 0.0440 e. The molecular weight excluding hydrogens is 256 g/mol. The molecule has 0 fully saturated rings. The average Bonchev–Trinajstić information content (AvgIpc) is 2.48. The summed E-state index contributed by atoms with van der Waals surface area (Å²) in [7, 11) is 4.17. The van der Waals surface area contributed by atoms with Gasteiger partial charge in [0.25, 0.3) is 0 Å². The van der Waals surface area contributed by atoms with Gasteiger partial charge in [0, 0.05) is 25.3 Å². The highest BCUT2D eigenvalue weighted by molar-refractivity contribution is 5.78. The van der Waals surface area contributed by atoms with Crippen molar-refractivity contribution in [3.63, 3.8) is 0 Å². The lowest BCUT2D eigenvalue weighted by atomic mass is 9.95. The van der Waals surface area contributed by atoms with E-state index >= 15 is 0 Å². The topological polar surface area (TPSA) is 29.3 Å². The highest BCUT2D eigenvalue weighted by atomic mass is 15.1. The van der Waals surface area contributed by atoms with E-state index in [1.807, 2.05) is 0 Å². The zero-order chi connectivity index (χ0) is 15.2. The third-order valence-electron chi connectivity index (χ3n) is 3.89. The Kier molecular flexibility index (Phi) is 5.40. The van der Waals surface area contributed by atoms with Crippen molar-refractivity contribution in [3.8, 4) is 11.1 Å². The molecule has 0 heterocycles. The SMILES string of the molecule is CC(CCN)Cc1ccc(-c2ccccc2N(C)C)cc1. The summed E-state index contributed by atoms with van der Waals surface area (Å²) in [4.78, 5) is 2.16. The van der Waals surface area contributed by atoms with Gasteiger partial charge in [-0.25, -0.2) is 0 Å². The van der Waals surface area contributed by atoms with Gasteiger partial charge in [0.15, 0.2) is 0 Å². The fourth-order valence-electron chi connectivity index (χ4n) is 2.72. The van der Waals surface area contributed by atoms with Crippen molar-refractivity contribution >= 4 is 5.69 Å². The number of nitrogens with two attached hydrogens (primary N) is 1. The number of hydrogen-bond donors (Lipinski definition) is 1. The summed E-state index contributed by atoms with van der Waals surface area (Å²) < 4.78 is 0. The van der Waals surface area contributed by atoms with Gasteiger partial charge in [-0.3, -0.25) is 0 Å². The summed E-state index contributed by atoms with van der Waals surface area (Å²) in [5.41, 5.74) is 10.8. The third-order valence-corrected chi connectivity index (χ3v) is 3.89. The van der Waals surface area contributed by atoms with Gasteiger partial charge in [-0.15, -0.1) is 0 Å². The third kappa shape index (κ3) is 4.08. The average molecular weight is 282 g/mol. The quantitative estimate of drug-likeness (QED) is 0.869. The lowest BCUT2D eigenvalue weighted by Crippen LogP contribution is -2.09. The molecular formula is C19H26N2. The molecule has 1 atom stereocenters. The van der Waals surface area contributed by atoms with Crippen LogP contribution in [0.4, 0.5) is 5.69 Å². The zero-order valence-corrected chi connectivity index (χ0v) is 13.3. The first-order valence-electron chi connectivity index (χ1n) is 7.67. The highest BCUT2D eigenvalue weighted by Gasteiger charge is 2.07. The van der Waals surface area contributed by atoms with Crippen LogP contribution < -0.4 is 10.6 Å². The second kappa shape index (κ2) is 7.28. The van der Waals surface area contributed by atoms with E-state index in [-0.39, 0.29) is 0 Å². The van der Waals surface area contributed by atoms with Gasteiger partial charge in [0.2, 0.25) is 0 Å². The Morgan fingerprint density at radius 3 is 2.29 bits per heavy atom. The molecule has 21 heavy (non-hydrogen) atoms. The lowest BCUT2D eigenvalue weighted by molar-refractivity contribution is 0.538. The monoisotopic (exact) mass is 282 g/mol. The minimum atomic E-state index is 0.648. The van der Waals surface area contributed by atoms with Crippen LogP contribution in [0.15, 0.2) is 48.5 Å². The summed E-state index contributed by atoms with van der Waals surface area (Å²) in [5, 5.41) is 0. The van der Waals surface area contributed by atoms with E-state index in [1.54, 1.807) is 0 Å². The first kappa shape index (κ1) is 15.6. The zero-order valence-electron chi connectivity index (χ0n) is 13.3. The molecule has 1 unspecified atom stereocenters. The largest absolute Gasteiger partial charge is 0.377 e. The summed E-state index contributed by atoms with van der Waals surface area (Å²) in [5.74, 6) is 0.648. The minimum absolute atomic E-state index is 0.648. The Bertz CT molecular complexity index is 558. The fourth-order valence-corrected chi connectivity index (χ4v) is 2.72. The Morgan fingerprint density at radius 2 is 1.67 bits per heavy atom. The molecule has 0 aliphatic carbocycles. The molecule has 2 aromatic rings. The van der Waals surface area contributed by atoms with Crippen LogP contribution in [-0.4, -0.2) is 20.6 Å². The summed E-state index contributed by atoms with van der Waals surface area (Å²) in [6, 6.07) is 17.5. The van der Waals surface area contributed by atoms with E-state index < -0.39 is 0 Å². The van der Waals surface area contributed by atoms with Crippen LogP contribution in [0.2, 0.25) is 0 Å². The van der Waals surface area contributed by atoms with Crippen molar-refractivity contribution in [2.75, 3.05) is 25.5 Å². The Balaban J connectivity index is 2.19. The molecule has 0 radical (unpaired) electrons. The molecule has 2 rings (SSSR count). The number of anilines is 1. The first-order valence-corrected chi connectivity index (χ1v) is 7.67. The molecule has 0 aliphatic heterocycles. The Morgan fingerprint density at radius 1 is 1.00 bits per heavy atom. The van der Waals surface area contributed by atoms with E-state index in [4.69, 9.17) is 5.73 Å². The lowest BCUT2D eigenvalue weighted by Gasteiger charge is -2.18. The molecule has 0 aliphatic rings. The summed E-state index contributed by atoms with van der Waals surface area (Å²) in [6.45, 7) is 3.04. The smallest absolute Gasteiger partial charge is 0.0440 e. The normalized spacial score (nSPS) is 12.2. The van der Waals surface area contributed by atoms with E-state index in [0.717, 1.165) is 19.4 Å². The van der Waals surface area contributed by atoms with E-state index in [2.05, 4.69) is 74.4 Å². The predicted molar refractivity (Wildman–Crippen MR) is 92.7 cm³/mol.